The van der Waals surface area contributed by atoms with Crippen LogP contribution in [0.3, 0.4) is 0 Å². The quantitative estimate of drug-likeness (QED) is 0.157. The molecule has 4 aliphatic heterocycles. The van der Waals surface area contributed by atoms with Gasteiger partial charge in [-0.15, -0.1) is 0 Å². The molecular formula is C34H35N2O4S2+. The topological polar surface area (TPSA) is 70.7 Å². The lowest BCUT2D eigenvalue weighted by Crippen LogP contribution is -2.48. The zero-order valence-electron chi connectivity index (χ0n) is 24.0. The molecule has 0 aliphatic carbocycles. The molecule has 42 heavy (non-hydrogen) atoms. The fourth-order valence-electron chi connectivity index (χ4n) is 8.00. The molecule has 4 aromatic rings. The molecule has 4 aliphatic rings. The molecule has 1 N–H and O–H groups in total. The maximum absolute atomic E-state index is 11.5. The second-order valence-electron chi connectivity index (χ2n) is 12.5. The van der Waals surface area contributed by atoms with E-state index in [0.29, 0.717) is 12.8 Å². The van der Waals surface area contributed by atoms with Crippen LogP contribution in [-0.4, -0.2) is 37.5 Å². The van der Waals surface area contributed by atoms with Crippen LogP contribution in [0.15, 0.2) is 71.9 Å². The van der Waals surface area contributed by atoms with E-state index in [-0.39, 0.29) is 23.4 Å². The Morgan fingerprint density at radius 1 is 1.10 bits per heavy atom. The summed E-state index contributed by atoms with van der Waals surface area (Å²) in [5.41, 5.74) is 8.70. The second-order valence-corrected chi connectivity index (χ2v) is 15.1. The maximum Gasteiger partial charge on any atom is 0.268 e. The molecule has 0 radical (unpaired) electrons. The van der Waals surface area contributed by atoms with Gasteiger partial charge in [0.05, 0.1) is 23.5 Å². The summed E-state index contributed by atoms with van der Waals surface area (Å²) < 4.78 is 43.2. The predicted octanol–water partition coefficient (Wildman–Crippen LogP) is 6.70. The van der Waals surface area contributed by atoms with Crippen molar-refractivity contribution in [3.8, 4) is 0 Å². The van der Waals surface area contributed by atoms with Gasteiger partial charge in [-0.1, -0.05) is 54.2 Å². The van der Waals surface area contributed by atoms with Gasteiger partial charge in [0.1, 0.15) is 4.70 Å². The molecule has 0 saturated heterocycles. The molecule has 5 heterocycles. The van der Waals surface area contributed by atoms with E-state index in [1.165, 1.54) is 59.7 Å². The van der Waals surface area contributed by atoms with Crippen molar-refractivity contribution in [3.05, 3.63) is 88.1 Å². The first-order valence-electron chi connectivity index (χ1n) is 15.0. The predicted molar refractivity (Wildman–Crippen MR) is 169 cm³/mol. The molecule has 3 aromatic carbocycles. The Morgan fingerprint density at radius 2 is 1.95 bits per heavy atom. The van der Waals surface area contributed by atoms with E-state index in [1.807, 2.05) is 11.3 Å². The monoisotopic (exact) mass is 599 g/mol. The van der Waals surface area contributed by atoms with Crippen molar-refractivity contribution in [2.75, 3.05) is 17.2 Å². The van der Waals surface area contributed by atoms with Gasteiger partial charge in [0.25, 0.3) is 15.1 Å². The summed E-state index contributed by atoms with van der Waals surface area (Å²) in [5, 5.41) is 3.77. The van der Waals surface area contributed by atoms with E-state index in [2.05, 4.69) is 84.0 Å². The van der Waals surface area contributed by atoms with Gasteiger partial charge in [-0.2, -0.15) is 13.0 Å². The molecule has 1 aromatic heterocycles. The Kier molecular flexibility index (Phi) is 6.00. The van der Waals surface area contributed by atoms with Crippen LogP contribution in [0.5, 0.6) is 0 Å². The molecule has 8 rings (SSSR count). The number of thiazole rings is 1. The van der Waals surface area contributed by atoms with Gasteiger partial charge < -0.3 is 9.64 Å². The Balaban J connectivity index is 1.31. The molecule has 8 heteroatoms. The fraction of sp³-hybridized carbons (Fsp3) is 0.382. The number of hydrogen-bond donors (Lipinski definition) is 1. The Morgan fingerprint density at radius 3 is 2.81 bits per heavy atom. The summed E-state index contributed by atoms with van der Waals surface area (Å²) in [4.78, 5) is 2.52. The summed E-state index contributed by atoms with van der Waals surface area (Å²) in [6.45, 7) is 6.35. The maximum atomic E-state index is 11.5. The molecular weight excluding hydrogens is 565 g/mol. The van der Waals surface area contributed by atoms with Crippen LogP contribution >= 0.6 is 11.3 Å². The van der Waals surface area contributed by atoms with Crippen LogP contribution < -0.4 is 9.47 Å². The van der Waals surface area contributed by atoms with Gasteiger partial charge >= 0.3 is 0 Å². The van der Waals surface area contributed by atoms with Crippen molar-refractivity contribution in [2.45, 2.75) is 70.1 Å². The number of hydrogen-bond acceptors (Lipinski definition) is 5. The first kappa shape index (κ1) is 26.6. The first-order valence-corrected chi connectivity index (χ1v) is 17.4. The largest absolute Gasteiger partial charge is 0.365 e. The van der Waals surface area contributed by atoms with Gasteiger partial charge in [-0.3, -0.25) is 4.55 Å². The van der Waals surface area contributed by atoms with Crippen molar-refractivity contribution in [1.29, 1.82) is 0 Å². The highest BCUT2D eigenvalue weighted by atomic mass is 32.2. The van der Waals surface area contributed by atoms with E-state index in [0.717, 1.165) is 32.4 Å². The summed E-state index contributed by atoms with van der Waals surface area (Å²) in [6, 6.07) is 19.8. The number of aromatic nitrogens is 1. The van der Waals surface area contributed by atoms with Crippen LogP contribution in [0.2, 0.25) is 0 Å². The molecule has 6 nitrogen and oxygen atoms in total. The van der Waals surface area contributed by atoms with Crippen LogP contribution in [0.25, 0.3) is 26.6 Å². The molecule has 3 atom stereocenters. The Labute approximate surface area is 250 Å². The number of fused-ring (bicyclic) bond motifs is 11. The summed E-state index contributed by atoms with van der Waals surface area (Å²) in [6.07, 6.45) is 6.44. The lowest BCUT2D eigenvalue weighted by molar-refractivity contribution is -0.674. The molecule has 0 spiro atoms. The van der Waals surface area contributed by atoms with E-state index < -0.39 is 10.1 Å². The summed E-state index contributed by atoms with van der Waals surface area (Å²) in [7, 11) is -3.99. The van der Waals surface area contributed by atoms with E-state index in [1.54, 1.807) is 0 Å². The molecule has 0 bridgehead atoms. The van der Waals surface area contributed by atoms with Gasteiger partial charge in [0, 0.05) is 41.4 Å². The lowest BCUT2D eigenvalue weighted by atomic mass is 9.72. The van der Waals surface area contributed by atoms with Crippen molar-refractivity contribution < 1.29 is 22.3 Å². The highest BCUT2D eigenvalue weighted by Gasteiger charge is 2.50. The standard InChI is InChI=1S/C34H34N2O4S2/c1-21-9-11-26-30(19-21)41-33-25-20-24-28(40-29(25)14-17-36(26)33)13-16-35-27-12-10-22-7-3-4-8-23(22)31(27)34(2,32(24)35)15-5-6-18-42(37,38)39/h3-4,7-12,19-20,28-29H,5-6,13-18H2,1-2H3/p+1. The number of ether oxygens (including phenoxy) is 1. The summed E-state index contributed by atoms with van der Waals surface area (Å²) in [5.74, 6) is -0.204. The second kappa shape index (κ2) is 9.48. The normalized spacial score (nSPS) is 24.7. The van der Waals surface area contributed by atoms with Crippen LogP contribution in [0, 0.1) is 6.92 Å². The summed E-state index contributed by atoms with van der Waals surface area (Å²) >= 11 is 1.87. The van der Waals surface area contributed by atoms with Crippen molar-refractivity contribution in [1.82, 2.24) is 0 Å². The number of benzene rings is 3. The third-order valence-corrected chi connectivity index (χ3v) is 11.8. The van der Waals surface area contributed by atoms with Crippen molar-refractivity contribution in [3.63, 3.8) is 0 Å². The lowest BCUT2D eigenvalue weighted by Gasteiger charge is -2.42. The zero-order valence-corrected chi connectivity index (χ0v) is 25.6. The number of allylic oxidation sites excluding steroid dienone is 1. The van der Waals surface area contributed by atoms with Gasteiger partial charge in [0.15, 0.2) is 6.54 Å². The molecule has 0 fully saturated rings. The van der Waals surface area contributed by atoms with Gasteiger partial charge in [0.2, 0.25) is 5.52 Å². The van der Waals surface area contributed by atoms with E-state index in [9.17, 15) is 13.0 Å². The molecule has 0 amide bonds. The van der Waals surface area contributed by atoms with Crippen molar-refractivity contribution >= 4 is 53.7 Å². The average molecular weight is 600 g/mol. The molecule has 3 unspecified atom stereocenters. The minimum Gasteiger partial charge on any atom is -0.365 e. The van der Waals surface area contributed by atoms with Gasteiger partial charge in [-0.05, 0) is 73.2 Å². The third kappa shape index (κ3) is 4.03. The molecule has 216 valence electrons. The minimum absolute atomic E-state index is 0.0471. The average Bonchev–Trinajstić information content (AvgIpc) is 3.47. The van der Waals surface area contributed by atoms with Crippen LogP contribution in [0.4, 0.5) is 5.69 Å². The smallest absolute Gasteiger partial charge is 0.268 e. The highest BCUT2D eigenvalue weighted by molar-refractivity contribution is 7.85. The molecule has 0 saturated carbocycles. The van der Waals surface area contributed by atoms with Crippen LogP contribution in [-0.2, 0) is 26.8 Å². The number of nitrogens with zero attached hydrogens (tertiary/aromatic N) is 2. The fourth-order valence-corrected chi connectivity index (χ4v) is 9.92. The number of anilines is 1. The van der Waals surface area contributed by atoms with E-state index in [4.69, 9.17) is 4.74 Å². The SMILES string of the molecule is Cc1ccc2c(c1)sc1[n+]2CCC2OC3CCN4C(=C3C=C12)C(C)(CCCCS(=O)(=O)O)c1c4ccc2ccccc12. The third-order valence-electron chi connectivity index (χ3n) is 9.81. The number of unbranched alkanes of at least 4 members (excludes halogenated alkanes) is 1. The number of aryl methyl sites for hydroxylation is 2. The van der Waals surface area contributed by atoms with Crippen molar-refractivity contribution in [2.24, 2.45) is 0 Å². The van der Waals surface area contributed by atoms with Gasteiger partial charge in [-0.25, -0.2) is 0 Å². The first-order chi connectivity index (χ1) is 20.2. The number of rotatable bonds is 5. The highest BCUT2D eigenvalue weighted by Crippen LogP contribution is 2.57. The Hall–Kier alpha value is -3.04. The zero-order chi connectivity index (χ0) is 28.8. The Bertz CT molecular complexity index is 1960. The van der Waals surface area contributed by atoms with Crippen LogP contribution in [0.1, 0.15) is 55.2 Å². The van der Waals surface area contributed by atoms with E-state index >= 15 is 0 Å². The minimum atomic E-state index is -3.99.